The van der Waals surface area contributed by atoms with Crippen molar-refractivity contribution in [2.24, 2.45) is 5.92 Å². The Morgan fingerprint density at radius 2 is 1.77 bits per heavy atom. The van der Waals surface area contributed by atoms with Crippen molar-refractivity contribution >= 4 is 26.7 Å². The molecule has 1 saturated heterocycles. The summed E-state index contributed by atoms with van der Waals surface area (Å²) < 4.78 is 107. The molecule has 0 aliphatic carbocycles. The molecule has 2 aromatic carbocycles. The van der Waals surface area contributed by atoms with E-state index in [1.165, 1.54) is 6.92 Å². The number of hydrogen-bond donors (Lipinski definition) is 0. The second-order valence-corrected chi connectivity index (χ2v) is 11.8. The summed E-state index contributed by atoms with van der Waals surface area (Å²) in [5.41, 5.74) is -1.53. The fraction of sp³-hybridized carbons (Fsp3) is 0.435. The molecule has 0 radical (unpaired) electrons. The summed E-state index contributed by atoms with van der Waals surface area (Å²) in [7, 11) is -4.58. The number of halogens is 5. The Kier molecular flexibility index (Phi) is 6.93. The van der Waals surface area contributed by atoms with Crippen LogP contribution in [0.15, 0.2) is 41.3 Å². The van der Waals surface area contributed by atoms with Crippen LogP contribution < -0.4 is 4.74 Å². The minimum Gasteiger partial charge on any atom is -0.490 e. The van der Waals surface area contributed by atoms with E-state index in [0.717, 1.165) is 36.0 Å². The summed E-state index contributed by atoms with van der Waals surface area (Å²) in [5, 5.41) is -0.150. The van der Waals surface area contributed by atoms with E-state index in [-0.39, 0.29) is 31.2 Å². The lowest BCUT2D eigenvalue weighted by Gasteiger charge is -2.50. The monoisotopic (exact) mass is 536 g/mol. The Bertz CT molecular complexity index is 1230. The van der Waals surface area contributed by atoms with Crippen LogP contribution in [0.25, 0.3) is 0 Å². The van der Waals surface area contributed by atoms with E-state index >= 15 is 4.39 Å². The van der Waals surface area contributed by atoms with Crippen molar-refractivity contribution in [2.75, 3.05) is 19.0 Å². The molecule has 190 valence electrons. The van der Waals surface area contributed by atoms with E-state index < -0.39 is 66.2 Å². The average Bonchev–Trinajstić information content (AvgIpc) is 2.80. The Hall–Kier alpha value is -2.18. The lowest BCUT2D eigenvalue weighted by atomic mass is 9.75. The van der Waals surface area contributed by atoms with Crippen LogP contribution in [0.3, 0.4) is 0 Å². The predicted molar refractivity (Wildman–Crippen MR) is 118 cm³/mol. The topological polar surface area (TPSA) is 69.7 Å². The number of carbonyl (C=O) groups is 1. The van der Waals surface area contributed by atoms with Crippen molar-refractivity contribution in [3.05, 3.63) is 59.2 Å². The molecular weight excluding hydrogens is 515 g/mol. The summed E-state index contributed by atoms with van der Waals surface area (Å²) in [5.74, 6) is -3.18. The Labute approximate surface area is 202 Å². The third kappa shape index (κ3) is 4.44. The minimum absolute atomic E-state index is 0.124. The first-order valence-corrected chi connectivity index (χ1v) is 13.1. The van der Waals surface area contributed by atoms with Crippen molar-refractivity contribution < 1.29 is 44.6 Å². The molecule has 2 heterocycles. The Morgan fingerprint density at radius 3 is 2.40 bits per heavy atom. The van der Waals surface area contributed by atoms with Crippen LogP contribution in [-0.4, -0.2) is 38.6 Å². The van der Waals surface area contributed by atoms with Gasteiger partial charge in [-0.05, 0) is 49.2 Å². The third-order valence-electron chi connectivity index (χ3n) is 6.42. The van der Waals surface area contributed by atoms with Gasteiger partial charge in [0.2, 0.25) is 0 Å². The Balaban J connectivity index is 1.88. The molecule has 2 aromatic rings. The lowest BCUT2D eigenvalue weighted by molar-refractivity contribution is -0.137. The maximum atomic E-state index is 15.3. The van der Waals surface area contributed by atoms with Gasteiger partial charge in [-0.1, -0.05) is 11.8 Å². The van der Waals surface area contributed by atoms with Gasteiger partial charge in [0.15, 0.2) is 26.5 Å². The van der Waals surface area contributed by atoms with Crippen molar-refractivity contribution in [1.29, 1.82) is 0 Å². The molecule has 0 unspecified atom stereocenters. The van der Waals surface area contributed by atoms with Gasteiger partial charge >= 0.3 is 6.18 Å². The quantitative estimate of drug-likeness (QED) is 0.494. The second-order valence-electron chi connectivity index (χ2n) is 8.35. The van der Waals surface area contributed by atoms with Crippen LogP contribution in [0.4, 0.5) is 22.0 Å². The zero-order valence-electron chi connectivity index (χ0n) is 18.4. The number of alkyl halides is 3. The number of sulfone groups is 1. The number of carbonyl (C=O) groups excluding carboxylic acids is 1. The van der Waals surface area contributed by atoms with Crippen LogP contribution in [0.5, 0.6) is 5.75 Å². The molecule has 35 heavy (non-hydrogen) atoms. The number of rotatable bonds is 5. The van der Waals surface area contributed by atoms with E-state index in [1.807, 2.05) is 0 Å². The normalized spacial score (nSPS) is 24.3. The number of benzene rings is 2. The predicted octanol–water partition coefficient (Wildman–Crippen LogP) is 5.12. The van der Waals surface area contributed by atoms with E-state index in [1.54, 1.807) is 0 Å². The first-order chi connectivity index (χ1) is 16.4. The number of fused-ring (bicyclic) bond motifs is 3. The van der Waals surface area contributed by atoms with Crippen molar-refractivity contribution in [1.82, 2.24) is 0 Å². The molecule has 2 aliphatic heterocycles. The fourth-order valence-electron chi connectivity index (χ4n) is 4.86. The van der Waals surface area contributed by atoms with Crippen molar-refractivity contribution in [3.8, 4) is 5.75 Å². The van der Waals surface area contributed by atoms with Gasteiger partial charge in [-0.2, -0.15) is 13.2 Å². The Morgan fingerprint density at radius 1 is 1.11 bits per heavy atom. The fourth-order valence-corrected chi connectivity index (χ4v) is 7.84. The highest BCUT2D eigenvalue weighted by Gasteiger charge is 2.61. The molecule has 0 bridgehead atoms. The maximum Gasteiger partial charge on any atom is 0.416 e. The van der Waals surface area contributed by atoms with Gasteiger partial charge in [0.05, 0.1) is 28.7 Å². The van der Waals surface area contributed by atoms with Gasteiger partial charge in [-0.3, -0.25) is 4.79 Å². The zero-order valence-corrected chi connectivity index (χ0v) is 20.0. The molecule has 1 fully saturated rings. The van der Waals surface area contributed by atoms with Crippen molar-refractivity contribution in [3.63, 3.8) is 0 Å². The molecule has 3 atom stereocenters. The molecule has 0 saturated carbocycles. The minimum atomic E-state index is -4.68. The van der Waals surface area contributed by atoms with Crippen LogP contribution in [-0.2, 0) is 30.3 Å². The summed E-state index contributed by atoms with van der Waals surface area (Å²) in [4.78, 5) is 10.9. The first-order valence-electron chi connectivity index (χ1n) is 10.7. The smallest absolute Gasteiger partial charge is 0.416 e. The van der Waals surface area contributed by atoms with Gasteiger partial charge in [0, 0.05) is 25.2 Å². The van der Waals surface area contributed by atoms with E-state index in [0.29, 0.717) is 17.9 Å². The molecule has 0 spiro atoms. The molecule has 4 rings (SSSR count). The number of thioether (sulfide) groups is 1. The summed E-state index contributed by atoms with van der Waals surface area (Å²) >= 11 is 1.01. The highest BCUT2D eigenvalue weighted by atomic mass is 32.2. The number of hydrogen-bond acceptors (Lipinski definition) is 6. The summed E-state index contributed by atoms with van der Waals surface area (Å²) in [6.07, 6.45) is -5.49. The molecule has 5 nitrogen and oxygen atoms in total. The van der Waals surface area contributed by atoms with Gasteiger partial charge in [0.1, 0.15) is 10.6 Å². The molecule has 2 aliphatic rings. The van der Waals surface area contributed by atoms with Gasteiger partial charge in [0.25, 0.3) is 0 Å². The van der Waals surface area contributed by atoms with Crippen LogP contribution in [0, 0.1) is 17.6 Å². The molecule has 0 amide bonds. The van der Waals surface area contributed by atoms with Crippen LogP contribution in [0.2, 0.25) is 0 Å². The number of ether oxygens (including phenoxy) is 2. The van der Waals surface area contributed by atoms with Gasteiger partial charge in [-0.25, -0.2) is 17.2 Å². The first kappa shape index (κ1) is 25.9. The van der Waals surface area contributed by atoms with Crippen LogP contribution >= 0.6 is 11.8 Å². The van der Waals surface area contributed by atoms with E-state index in [4.69, 9.17) is 9.47 Å². The highest BCUT2D eigenvalue weighted by Crippen LogP contribution is 2.56. The largest absolute Gasteiger partial charge is 0.490 e. The van der Waals surface area contributed by atoms with Gasteiger partial charge < -0.3 is 9.47 Å². The van der Waals surface area contributed by atoms with E-state index in [2.05, 4.69) is 0 Å². The summed E-state index contributed by atoms with van der Waals surface area (Å²) in [6, 6.07) is 4.56. The summed E-state index contributed by atoms with van der Waals surface area (Å²) in [6.45, 7) is 0.938. The standard InChI is InChI=1S/C23H21F5O5S2/c1-13(29)34-11-8-19-16-12-33-21-18(25)7-6-17(24)20(21)22(16,9-10-32-19)35(30,31)15-4-2-14(3-5-15)23(26,27)28/h2-7,16,19H,8-12H2,1H3/t16-,19-,22-/m0/s1. The second kappa shape index (κ2) is 9.36. The van der Waals surface area contributed by atoms with E-state index in [9.17, 15) is 30.8 Å². The zero-order chi connectivity index (χ0) is 25.6. The highest BCUT2D eigenvalue weighted by molar-refractivity contribution is 8.13. The van der Waals surface area contributed by atoms with Crippen LogP contribution in [0.1, 0.15) is 30.9 Å². The lowest BCUT2D eigenvalue weighted by Crippen LogP contribution is -2.57. The average molecular weight is 537 g/mol. The van der Waals surface area contributed by atoms with Crippen molar-refractivity contribution in [2.45, 2.75) is 41.7 Å². The molecule has 12 heteroatoms. The van der Waals surface area contributed by atoms with Gasteiger partial charge in [-0.15, -0.1) is 0 Å². The SMILES string of the molecule is CC(=O)SCC[C@@H]1OCC[C@@]2(S(=O)(=O)c3ccc(C(F)(F)F)cc3)c3c(F)ccc(F)c3OC[C@@H]12. The molecule has 0 aromatic heterocycles. The maximum absolute atomic E-state index is 15.3. The third-order valence-corrected chi connectivity index (χ3v) is 9.83. The molecular formula is C23H21F5O5S2. The molecule has 0 N–H and O–H groups in total.